The van der Waals surface area contributed by atoms with Crippen molar-refractivity contribution < 1.29 is 5.11 Å². The Morgan fingerprint density at radius 2 is 1.53 bits per heavy atom. The molecule has 0 rings (SSSR count). The molecule has 2 heteroatoms. The van der Waals surface area contributed by atoms with Crippen molar-refractivity contribution in [3.8, 4) is 12.3 Å². The zero-order valence-corrected chi connectivity index (χ0v) is 12.3. The summed E-state index contributed by atoms with van der Waals surface area (Å²) < 4.78 is 0. The van der Waals surface area contributed by atoms with Gasteiger partial charge in [-0.15, -0.1) is 6.42 Å². The average molecular weight is 301 g/mol. The van der Waals surface area contributed by atoms with Gasteiger partial charge in [0.05, 0.1) is 0 Å². The zero-order valence-electron chi connectivity index (χ0n) is 10.7. The Labute approximate surface area is 115 Å². The Hall–Kier alpha value is -0.260. The highest BCUT2D eigenvalue weighted by atomic mass is 79.9. The molecule has 1 N–H and O–H groups in total. The fraction of sp³-hybridized carbons (Fsp3) is 0.733. The molecular formula is C15H25BrO. The van der Waals surface area contributed by atoms with E-state index < -0.39 is 6.10 Å². The highest BCUT2D eigenvalue weighted by Crippen LogP contribution is 2.10. The Bertz CT molecular complexity index is 217. The lowest BCUT2D eigenvalue weighted by Crippen LogP contribution is -1.95. The number of aliphatic hydroxyl groups is 1. The lowest BCUT2D eigenvalue weighted by Gasteiger charge is -2.00. The van der Waals surface area contributed by atoms with E-state index in [-0.39, 0.29) is 0 Å². The van der Waals surface area contributed by atoms with E-state index in [1.807, 2.05) is 6.08 Å². The second kappa shape index (κ2) is 13.8. The van der Waals surface area contributed by atoms with Crippen LogP contribution in [0.1, 0.15) is 57.8 Å². The minimum atomic E-state index is -0.704. The topological polar surface area (TPSA) is 20.2 Å². The van der Waals surface area contributed by atoms with Crippen LogP contribution in [-0.4, -0.2) is 16.5 Å². The van der Waals surface area contributed by atoms with E-state index in [0.717, 1.165) is 11.8 Å². The number of unbranched alkanes of at least 4 members (excludes halogenated alkanes) is 8. The van der Waals surface area contributed by atoms with Crippen LogP contribution in [-0.2, 0) is 0 Å². The van der Waals surface area contributed by atoms with Gasteiger partial charge in [-0.2, -0.15) is 0 Å². The van der Waals surface area contributed by atoms with Gasteiger partial charge in [-0.25, -0.2) is 0 Å². The molecule has 0 aromatic heterocycles. The second-order valence-electron chi connectivity index (χ2n) is 4.35. The Kier molecular flexibility index (Phi) is 13.6. The number of terminal acetylenes is 1. The third-order valence-electron chi connectivity index (χ3n) is 2.74. The lowest BCUT2D eigenvalue weighted by atomic mass is 10.1. The maximum Gasteiger partial charge on any atom is 0.133 e. The van der Waals surface area contributed by atoms with Crippen molar-refractivity contribution >= 4 is 15.9 Å². The summed E-state index contributed by atoms with van der Waals surface area (Å²) in [6, 6.07) is 0. The predicted molar refractivity (Wildman–Crippen MR) is 79.3 cm³/mol. The van der Waals surface area contributed by atoms with Crippen molar-refractivity contribution in [3.05, 3.63) is 12.2 Å². The summed E-state index contributed by atoms with van der Waals surface area (Å²) in [5, 5.41) is 10.2. The van der Waals surface area contributed by atoms with Crippen LogP contribution in [0.25, 0.3) is 0 Å². The number of hydrogen-bond acceptors (Lipinski definition) is 1. The summed E-state index contributed by atoms with van der Waals surface area (Å²) in [6.07, 6.45) is 19.7. The molecule has 98 valence electrons. The highest BCUT2D eigenvalue weighted by molar-refractivity contribution is 9.09. The minimum Gasteiger partial charge on any atom is -0.377 e. The van der Waals surface area contributed by atoms with Crippen LogP contribution in [0.15, 0.2) is 12.2 Å². The first-order valence-electron chi connectivity index (χ1n) is 6.68. The van der Waals surface area contributed by atoms with Gasteiger partial charge in [0.15, 0.2) is 0 Å². The molecule has 1 atom stereocenters. The Morgan fingerprint density at radius 1 is 1.00 bits per heavy atom. The average Bonchev–Trinajstić information content (AvgIpc) is 2.35. The third-order valence-corrected chi connectivity index (χ3v) is 3.30. The summed E-state index contributed by atoms with van der Waals surface area (Å²) >= 11 is 3.45. The van der Waals surface area contributed by atoms with Gasteiger partial charge < -0.3 is 5.11 Å². The molecule has 0 amide bonds. The van der Waals surface area contributed by atoms with E-state index in [4.69, 9.17) is 11.5 Å². The molecule has 0 aliphatic rings. The predicted octanol–water partition coefficient (Wildman–Crippen LogP) is 4.44. The van der Waals surface area contributed by atoms with Crippen LogP contribution in [0.4, 0.5) is 0 Å². The number of allylic oxidation sites excluding steroid dienone is 1. The van der Waals surface area contributed by atoms with Gasteiger partial charge in [0.25, 0.3) is 0 Å². The smallest absolute Gasteiger partial charge is 0.133 e. The van der Waals surface area contributed by atoms with Gasteiger partial charge in [-0.05, 0) is 25.3 Å². The van der Waals surface area contributed by atoms with Crippen LogP contribution in [0, 0.1) is 12.3 Å². The summed E-state index contributed by atoms with van der Waals surface area (Å²) in [4.78, 5) is 0. The molecule has 0 spiro atoms. The van der Waals surface area contributed by atoms with Crippen molar-refractivity contribution in [2.45, 2.75) is 63.9 Å². The number of alkyl halides is 1. The fourth-order valence-corrected chi connectivity index (χ4v) is 2.09. The van der Waals surface area contributed by atoms with Crippen molar-refractivity contribution in [1.29, 1.82) is 0 Å². The monoisotopic (exact) mass is 300 g/mol. The van der Waals surface area contributed by atoms with E-state index in [9.17, 15) is 0 Å². The highest BCUT2D eigenvalue weighted by Gasteiger charge is 1.92. The van der Waals surface area contributed by atoms with Gasteiger partial charge in [-0.3, -0.25) is 0 Å². The molecule has 0 saturated carbocycles. The van der Waals surface area contributed by atoms with E-state index in [2.05, 4.69) is 21.9 Å². The van der Waals surface area contributed by atoms with Gasteiger partial charge in [0.1, 0.15) is 6.10 Å². The van der Waals surface area contributed by atoms with Crippen LogP contribution in [0.5, 0.6) is 0 Å². The molecule has 0 fully saturated rings. The third kappa shape index (κ3) is 13.7. The molecule has 0 aliphatic carbocycles. The molecule has 1 unspecified atom stereocenters. The van der Waals surface area contributed by atoms with E-state index in [0.29, 0.717) is 0 Å². The molecule has 0 heterocycles. The molecule has 1 nitrogen and oxygen atoms in total. The minimum absolute atomic E-state index is 0.704. The Balaban J connectivity index is 3.09. The number of rotatable bonds is 11. The summed E-state index contributed by atoms with van der Waals surface area (Å²) in [6.45, 7) is 0. The van der Waals surface area contributed by atoms with Gasteiger partial charge >= 0.3 is 0 Å². The van der Waals surface area contributed by atoms with Gasteiger partial charge in [-0.1, -0.05) is 66.5 Å². The first kappa shape index (κ1) is 16.7. The zero-order chi connectivity index (χ0) is 12.8. The largest absolute Gasteiger partial charge is 0.377 e. The van der Waals surface area contributed by atoms with Crippen molar-refractivity contribution in [3.63, 3.8) is 0 Å². The number of aliphatic hydroxyl groups excluding tert-OH is 1. The van der Waals surface area contributed by atoms with E-state index in [1.54, 1.807) is 6.08 Å². The number of hydrogen-bond donors (Lipinski definition) is 1. The Morgan fingerprint density at radius 3 is 2.06 bits per heavy atom. The molecular weight excluding hydrogens is 276 g/mol. The lowest BCUT2D eigenvalue weighted by molar-refractivity contribution is 0.280. The standard InChI is InChI=1S/C15H25BrO/c1-2-15(17)13-11-9-7-5-3-4-6-8-10-12-14-16/h1,11,13,15,17H,3-10,12,14H2/b13-11+. The SMILES string of the molecule is C#CC(O)/C=C/CCCCCCCCCCBr. The van der Waals surface area contributed by atoms with E-state index in [1.165, 1.54) is 51.4 Å². The first-order valence-corrected chi connectivity index (χ1v) is 7.80. The van der Waals surface area contributed by atoms with Gasteiger partial charge in [0.2, 0.25) is 0 Å². The van der Waals surface area contributed by atoms with Crippen molar-refractivity contribution in [2.24, 2.45) is 0 Å². The molecule has 0 radical (unpaired) electrons. The van der Waals surface area contributed by atoms with E-state index >= 15 is 0 Å². The molecule has 0 saturated heterocycles. The normalized spacial score (nSPS) is 12.8. The fourth-order valence-electron chi connectivity index (χ4n) is 1.70. The summed E-state index contributed by atoms with van der Waals surface area (Å²) in [7, 11) is 0. The van der Waals surface area contributed by atoms with Crippen LogP contribution >= 0.6 is 15.9 Å². The molecule has 0 aromatic carbocycles. The van der Waals surface area contributed by atoms with Gasteiger partial charge in [0, 0.05) is 5.33 Å². The first-order chi connectivity index (χ1) is 8.31. The summed E-state index contributed by atoms with van der Waals surface area (Å²) in [5.74, 6) is 2.27. The molecule has 17 heavy (non-hydrogen) atoms. The molecule has 0 aromatic rings. The van der Waals surface area contributed by atoms with Crippen LogP contribution < -0.4 is 0 Å². The maximum absolute atomic E-state index is 9.08. The number of halogens is 1. The molecule has 0 aliphatic heterocycles. The van der Waals surface area contributed by atoms with Crippen molar-refractivity contribution in [1.82, 2.24) is 0 Å². The maximum atomic E-state index is 9.08. The second-order valence-corrected chi connectivity index (χ2v) is 5.14. The van der Waals surface area contributed by atoms with Crippen LogP contribution in [0.3, 0.4) is 0 Å². The molecule has 0 bridgehead atoms. The van der Waals surface area contributed by atoms with Crippen molar-refractivity contribution in [2.75, 3.05) is 5.33 Å². The van der Waals surface area contributed by atoms with Crippen LogP contribution in [0.2, 0.25) is 0 Å². The summed E-state index contributed by atoms with van der Waals surface area (Å²) in [5.41, 5.74) is 0. The quantitative estimate of drug-likeness (QED) is 0.259.